The van der Waals surface area contributed by atoms with Crippen molar-refractivity contribution in [3.8, 4) is 0 Å². The van der Waals surface area contributed by atoms with Crippen molar-refractivity contribution in [2.75, 3.05) is 19.1 Å². The summed E-state index contributed by atoms with van der Waals surface area (Å²) in [5.41, 5.74) is 0.121. The SMILES string of the molecule is CSCCC(C)N(C)Cc1ccc(CNC(C)(C)C)o1. The van der Waals surface area contributed by atoms with Crippen molar-refractivity contribution in [2.24, 2.45) is 0 Å². The predicted molar refractivity (Wildman–Crippen MR) is 89.2 cm³/mol. The molecule has 0 radical (unpaired) electrons. The zero-order chi connectivity index (χ0) is 15.2. The van der Waals surface area contributed by atoms with Gasteiger partial charge >= 0.3 is 0 Å². The minimum Gasteiger partial charge on any atom is -0.463 e. The Labute approximate surface area is 128 Å². The molecule has 0 amide bonds. The Morgan fingerprint density at radius 1 is 1.30 bits per heavy atom. The molecule has 0 spiro atoms. The molecule has 1 heterocycles. The standard InChI is InChI=1S/C16H30N2OS/c1-13(9-10-20-6)18(5)12-15-8-7-14(19-15)11-17-16(2,3)4/h7-8,13,17H,9-12H2,1-6H3. The van der Waals surface area contributed by atoms with Gasteiger partial charge in [-0.25, -0.2) is 0 Å². The maximum atomic E-state index is 5.89. The van der Waals surface area contributed by atoms with Crippen LogP contribution in [-0.2, 0) is 13.1 Å². The molecule has 0 fully saturated rings. The van der Waals surface area contributed by atoms with Gasteiger partial charge in [0.25, 0.3) is 0 Å². The van der Waals surface area contributed by atoms with E-state index >= 15 is 0 Å². The Kier molecular flexibility index (Phi) is 7.13. The van der Waals surface area contributed by atoms with Crippen molar-refractivity contribution >= 4 is 11.8 Å². The van der Waals surface area contributed by atoms with Gasteiger partial charge in [0.1, 0.15) is 11.5 Å². The third kappa shape index (κ3) is 6.82. The van der Waals surface area contributed by atoms with E-state index < -0.39 is 0 Å². The first-order valence-corrected chi connectivity index (χ1v) is 8.73. The van der Waals surface area contributed by atoms with Crippen LogP contribution in [0.5, 0.6) is 0 Å². The topological polar surface area (TPSA) is 28.4 Å². The molecule has 116 valence electrons. The van der Waals surface area contributed by atoms with Crippen LogP contribution in [0, 0.1) is 0 Å². The molecule has 4 heteroatoms. The van der Waals surface area contributed by atoms with E-state index in [1.807, 2.05) is 11.8 Å². The van der Waals surface area contributed by atoms with Crippen molar-refractivity contribution in [2.45, 2.75) is 58.8 Å². The summed E-state index contributed by atoms with van der Waals surface area (Å²) in [5, 5.41) is 3.45. The van der Waals surface area contributed by atoms with Crippen molar-refractivity contribution in [3.05, 3.63) is 23.7 Å². The fourth-order valence-corrected chi connectivity index (χ4v) is 2.44. The van der Waals surface area contributed by atoms with Crippen molar-refractivity contribution in [3.63, 3.8) is 0 Å². The second-order valence-electron chi connectivity index (χ2n) is 6.52. The number of hydrogen-bond acceptors (Lipinski definition) is 4. The molecule has 1 aromatic rings. The largest absolute Gasteiger partial charge is 0.463 e. The van der Waals surface area contributed by atoms with Crippen LogP contribution >= 0.6 is 11.8 Å². The summed E-state index contributed by atoms with van der Waals surface area (Å²) < 4.78 is 5.89. The molecule has 1 aromatic heterocycles. The van der Waals surface area contributed by atoms with Gasteiger partial charge in [-0.2, -0.15) is 11.8 Å². The van der Waals surface area contributed by atoms with E-state index in [0.717, 1.165) is 24.6 Å². The molecular formula is C16H30N2OS. The normalized spacial score (nSPS) is 13.9. The molecule has 0 aromatic carbocycles. The van der Waals surface area contributed by atoms with Crippen molar-refractivity contribution < 1.29 is 4.42 Å². The molecule has 20 heavy (non-hydrogen) atoms. The average Bonchev–Trinajstić information content (AvgIpc) is 2.80. The van der Waals surface area contributed by atoms with Crippen LogP contribution in [0.4, 0.5) is 0 Å². The van der Waals surface area contributed by atoms with E-state index in [9.17, 15) is 0 Å². The number of nitrogens with zero attached hydrogens (tertiary/aromatic N) is 1. The van der Waals surface area contributed by atoms with Gasteiger partial charge in [0.05, 0.1) is 13.1 Å². The predicted octanol–water partition coefficient (Wildman–Crippen LogP) is 3.74. The molecule has 0 bridgehead atoms. The van der Waals surface area contributed by atoms with Gasteiger partial charge in [-0.15, -0.1) is 0 Å². The maximum Gasteiger partial charge on any atom is 0.118 e. The fraction of sp³-hybridized carbons (Fsp3) is 0.750. The fourth-order valence-electron chi connectivity index (χ4n) is 1.87. The molecule has 0 aliphatic rings. The lowest BCUT2D eigenvalue weighted by Gasteiger charge is -2.23. The second kappa shape index (κ2) is 8.11. The van der Waals surface area contributed by atoms with E-state index in [1.54, 1.807) is 0 Å². The number of furan rings is 1. The first-order chi connectivity index (χ1) is 9.31. The summed E-state index contributed by atoms with van der Waals surface area (Å²) in [5.74, 6) is 3.28. The van der Waals surface area contributed by atoms with Crippen LogP contribution in [0.15, 0.2) is 16.5 Å². The van der Waals surface area contributed by atoms with Crippen molar-refractivity contribution in [1.82, 2.24) is 10.2 Å². The summed E-state index contributed by atoms with van der Waals surface area (Å²) in [6.07, 6.45) is 3.38. The van der Waals surface area contributed by atoms with E-state index in [0.29, 0.717) is 6.04 Å². The van der Waals surface area contributed by atoms with Gasteiger partial charge in [0.2, 0.25) is 0 Å². The molecule has 3 nitrogen and oxygen atoms in total. The zero-order valence-electron chi connectivity index (χ0n) is 13.8. The number of hydrogen-bond donors (Lipinski definition) is 1. The zero-order valence-corrected chi connectivity index (χ0v) is 14.6. The maximum absolute atomic E-state index is 5.89. The smallest absolute Gasteiger partial charge is 0.118 e. The third-order valence-electron chi connectivity index (χ3n) is 3.41. The van der Waals surface area contributed by atoms with E-state index in [2.05, 4.69) is 63.3 Å². The van der Waals surface area contributed by atoms with Crippen molar-refractivity contribution in [1.29, 1.82) is 0 Å². The van der Waals surface area contributed by atoms with Gasteiger partial charge in [0.15, 0.2) is 0 Å². The monoisotopic (exact) mass is 298 g/mol. The molecular weight excluding hydrogens is 268 g/mol. The summed E-state index contributed by atoms with van der Waals surface area (Å²) in [6.45, 7) is 10.4. The molecule has 1 unspecified atom stereocenters. The van der Waals surface area contributed by atoms with Crippen LogP contribution in [0.2, 0.25) is 0 Å². The molecule has 0 aliphatic heterocycles. The molecule has 1 rings (SSSR count). The number of thioether (sulfide) groups is 1. The Balaban J connectivity index is 2.43. The number of nitrogens with one attached hydrogen (secondary N) is 1. The second-order valence-corrected chi connectivity index (χ2v) is 7.50. The quantitative estimate of drug-likeness (QED) is 0.791. The van der Waals surface area contributed by atoms with Gasteiger partial charge in [0, 0.05) is 11.6 Å². The minimum atomic E-state index is 0.121. The Hall–Kier alpha value is -0.450. The van der Waals surface area contributed by atoms with Crippen LogP contribution in [0.3, 0.4) is 0 Å². The lowest BCUT2D eigenvalue weighted by molar-refractivity contribution is 0.223. The highest BCUT2D eigenvalue weighted by Crippen LogP contribution is 2.14. The lowest BCUT2D eigenvalue weighted by Crippen LogP contribution is -2.34. The first-order valence-electron chi connectivity index (χ1n) is 7.33. The van der Waals surface area contributed by atoms with E-state index in [4.69, 9.17) is 4.42 Å². The van der Waals surface area contributed by atoms with E-state index in [1.165, 1.54) is 12.2 Å². The Bertz CT molecular complexity index is 384. The van der Waals surface area contributed by atoms with Gasteiger partial charge in [-0.1, -0.05) is 0 Å². The average molecular weight is 298 g/mol. The first kappa shape index (κ1) is 17.6. The third-order valence-corrected chi connectivity index (χ3v) is 4.05. The molecule has 1 atom stereocenters. The number of rotatable bonds is 8. The molecule has 0 saturated carbocycles. The summed E-state index contributed by atoms with van der Waals surface area (Å²) in [6, 6.07) is 4.76. The van der Waals surface area contributed by atoms with Gasteiger partial charge in [-0.3, -0.25) is 4.90 Å². The molecule has 0 aliphatic carbocycles. The molecule has 0 saturated heterocycles. The minimum absolute atomic E-state index is 0.121. The summed E-state index contributed by atoms with van der Waals surface area (Å²) in [7, 11) is 2.17. The Morgan fingerprint density at radius 3 is 2.55 bits per heavy atom. The van der Waals surface area contributed by atoms with Gasteiger partial charge in [-0.05, 0) is 65.3 Å². The van der Waals surface area contributed by atoms with Crippen LogP contribution in [-0.4, -0.2) is 35.5 Å². The van der Waals surface area contributed by atoms with E-state index in [-0.39, 0.29) is 5.54 Å². The highest BCUT2D eigenvalue weighted by atomic mass is 32.2. The lowest BCUT2D eigenvalue weighted by atomic mass is 10.1. The molecule has 1 N–H and O–H groups in total. The van der Waals surface area contributed by atoms with Crippen LogP contribution in [0.25, 0.3) is 0 Å². The summed E-state index contributed by atoms with van der Waals surface area (Å²) >= 11 is 1.91. The van der Waals surface area contributed by atoms with Gasteiger partial charge < -0.3 is 9.73 Å². The Morgan fingerprint density at radius 2 is 1.95 bits per heavy atom. The van der Waals surface area contributed by atoms with Crippen LogP contribution in [0.1, 0.15) is 45.6 Å². The summed E-state index contributed by atoms with van der Waals surface area (Å²) in [4.78, 5) is 2.36. The highest BCUT2D eigenvalue weighted by molar-refractivity contribution is 7.98. The van der Waals surface area contributed by atoms with Crippen LogP contribution < -0.4 is 5.32 Å². The highest BCUT2D eigenvalue weighted by Gasteiger charge is 2.13.